The van der Waals surface area contributed by atoms with Crippen molar-refractivity contribution in [3.8, 4) is 5.75 Å². The molecule has 1 aromatic carbocycles. The van der Waals surface area contributed by atoms with Crippen molar-refractivity contribution in [1.29, 1.82) is 0 Å². The van der Waals surface area contributed by atoms with Crippen molar-refractivity contribution in [2.75, 3.05) is 20.1 Å². The summed E-state index contributed by atoms with van der Waals surface area (Å²) in [6, 6.07) is 2.93. The van der Waals surface area contributed by atoms with Gasteiger partial charge in [0.05, 0.1) is 4.90 Å². The molecule has 0 atom stereocenters. The van der Waals surface area contributed by atoms with Crippen LogP contribution in [0.5, 0.6) is 5.75 Å². The number of nitrogens with one attached hydrogen (secondary N) is 1. The molecule has 1 fully saturated rings. The summed E-state index contributed by atoms with van der Waals surface area (Å²) in [5.74, 6) is -1.81. The summed E-state index contributed by atoms with van der Waals surface area (Å²) in [6.07, 6.45) is 1.32. The van der Waals surface area contributed by atoms with Gasteiger partial charge in [-0.25, -0.2) is 12.8 Å². The predicted octanol–water partition coefficient (Wildman–Crippen LogP) is 2.22. The monoisotopic (exact) mass is 374 g/mol. The normalized spacial score (nSPS) is 17.1. The third kappa shape index (κ3) is 4.72. The smallest absolute Gasteiger partial charge is 0.387 e. The Morgan fingerprint density at radius 3 is 2.39 bits per heavy atom. The Morgan fingerprint density at radius 2 is 1.91 bits per heavy atom. The van der Waals surface area contributed by atoms with E-state index in [4.69, 9.17) is 0 Å². The highest BCUT2D eigenvalue weighted by atomic mass is 35.5. The zero-order valence-electron chi connectivity index (χ0n) is 12.3. The van der Waals surface area contributed by atoms with E-state index in [2.05, 4.69) is 10.1 Å². The topological polar surface area (TPSA) is 58.6 Å². The molecule has 2 rings (SSSR count). The molecule has 0 saturated carbocycles. The van der Waals surface area contributed by atoms with Gasteiger partial charge in [-0.05, 0) is 38.1 Å². The second-order valence-corrected chi connectivity index (χ2v) is 6.88. The number of piperidine rings is 1. The van der Waals surface area contributed by atoms with Gasteiger partial charge in [0.15, 0.2) is 11.6 Å². The molecule has 1 saturated heterocycles. The van der Waals surface area contributed by atoms with Crippen LogP contribution in [0.3, 0.4) is 0 Å². The summed E-state index contributed by atoms with van der Waals surface area (Å²) in [7, 11) is -2.03. The van der Waals surface area contributed by atoms with Crippen LogP contribution in [0.1, 0.15) is 12.8 Å². The molecule has 0 bridgehead atoms. The molecular weight excluding hydrogens is 357 g/mol. The van der Waals surface area contributed by atoms with E-state index < -0.39 is 28.2 Å². The van der Waals surface area contributed by atoms with E-state index in [-0.39, 0.29) is 23.3 Å². The molecule has 10 heteroatoms. The van der Waals surface area contributed by atoms with Gasteiger partial charge >= 0.3 is 6.61 Å². The van der Waals surface area contributed by atoms with Crippen molar-refractivity contribution < 1.29 is 26.3 Å². The maximum Gasteiger partial charge on any atom is 0.387 e. The fourth-order valence-electron chi connectivity index (χ4n) is 2.37. The molecule has 0 unspecified atom stereocenters. The molecule has 0 spiro atoms. The molecule has 132 valence electrons. The van der Waals surface area contributed by atoms with E-state index in [1.165, 1.54) is 4.31 Å². The molecule has 23 heavy (non-hydrogen) atoms. The lowest BCUT2D eigenvalue weighted by atomic mass is 10.1. The van der Waals surface area contributed by atoms with E-state index in [1.54, 1.807) is 0 Å². The predicted molar refractivity (Wildman–Crippen MR) is 81.1 cm³/mol. The minimum atomic E-state index is -3.84. The van der Waals surface area contributed by atoms with Gasteiger partial charge < -0.3 is 10.1 Å². The zero-order chi connectivity index (χ0) is 16.3. The number of nitrogens with zero attached hydrogens (tertiary/aromatic N) is 1. The van der Waals surface area contributed by atoms with Crippen LogP contribution in [-0.2, 0) is 10.0 Å². The first-order valence-corrected chi connectivity index (χ1v) is 8.20. The van der Waals surface area contributed by atoms with E-state index >= 15 is 0 Å². The Hall–Kier alpha value is -1.03. The second-order valence-electron chi connectivity index (χ2n) is 4.94. The fraction of sp³-hybridized carbons (Fsp3) is 0.538. The van der Waals surface area contributed by atoms with Crippen molar-refractivity contribution in [2.24, 2.45) is 0 Å². The minimum absolute atomic E-state index is 0. The average Bonchev–Trinajstić information content (AvgIpc) is 2.49. The lowest BCUT2D eigenvalue weighted by Crippen LogP contribution is -2.43. The molecule has 0 amide bonds. The number of hydrogen-bond acceptors (Lipinski definition) is 4. The Morgan fingerprint density at radius 1 is 1.30 bits per heavy atom. The third-order valence-corrected chi connectivity index (χ3v) is 5.51. The van der Waals surface area contributed by atoms with Crippen molar-refractivity contribution in [2.45, 2.75) is 30.4 Å². The highest BCUT2D eigenvalue weighted by molar-refractivity contribution is 7.89. The first-order valence-electron chi connectivity index (χ1n) is 6.76. The third-order valence-electron chi connectivity index (χ3n) is 3.62. The van der Waals surface area contributed by atoms with E-state index in [9.17, 15) is 21.6 Å². The Labute approximate surface area is 139 Å². The molecule has 1 N–H and O–H groups in total. The summed E-state index contributed by atoms with van der Waals surface area (Å²) in [6.45, 7) is -2.52. The van der Waals surface area contributed by atoms with Crippen molar-refractivity contribution in [3.05, 3.63) is 24.0 Å². The van der Waals surface area contributed by atoms with E-state index in [0.29, 0.717) is 32.0 Å². The van der Waals surface area contributed by atoms with Gasteiger partial charge in [-0.2, -0.15) is 13.1 Å². The molecule has 1 aliphatic rings. The Kier molecular flexibility index (Phi) is 7.12. The van der Waals surface area contributed by atoms with Crippen LogP contribution in [0.15, 0.2) is 23.1 Å². The molecule has 0 aliphatic carbocycles. The van der Waals surface area contributed by atoms with Crippen LogP contribution in [0, 0.1) is 5.82 Å². The summed E-state index contributed by atoms with van der Waals surface area (Å²) in [5.41, 5.74) is 0. The zero-order valence-corrected chi connectivity index (χ0v) is 14.0. The first kappa shape index (κ1) is 20.0. The first-order chi connectivity index (χ1) is 10.3. The van der Waals surface area contributed by atoms with Crippen molar-refractivity contribution in [1.82, 2.24) is 9.62 Å². The Balaban J connectivity index is 0.00000264. The number of sulfonamides is 1. The number of benzene rings is 1. The van der Waals surface area contributed by atoms with Gasteiger partial charge in [-0.15, -0.1) is 12.4 Å². The maximum absolute atomic E-state index is 13.7. The van der Waals surface area contributed by atoms with Crippen molar-refractivity contribution in [3.63, 3.8) is 0 Å². The lowest BCUT2D eigenvalue weighted by molar-refractivity contribution is -0.0522. The van der Waals surface area contributed by atoms with Crippen LogP contribution in [0.2, 0.25) is 0 Å². The Bertz CT molecular complexity index is 623. The molecule has 0 radical (unpaired) electrons. The number of ether oxygens (including phenoxy) is 1. The van der Waals surface area contributed by atoms with Crippen LogP contribution >= 0.6 is 12.4 Å². The fourth-order valence-corrected chi connectivity index (χ4v) is 3.85. The van der Waals surface area contributed by atoms with E-state index in [1.807, 2.05) is 7.05 Å². The lowest BCUT2D eigenvalue weighted by Gasteiger charge is -2.31. The molecule has 5 nitrogen and oxygen atoms in total. The molecule has 1 aromatic rings. The number of halogens is 4. The SMILES string of the molecule is CNC1CCN(S(=O)(=O)c2ccc(OC(F)F)c(F)c2)CC1.Cl. The standard InChI is InChI=1S/C13H17F3N2O3S.ClH/c1-17-9-4-6-18(7-5-9)22(19,20)10-2-3-12(11(14)8-10)21-13(15)16;/h2-3,8-9,13,17H,4-7H2,1H3;1H. The quantitative estimate of drug-likeness (QED) is 0.858. The van der Waals surface area contributed by atoms with Gasteiger partial charge in [-0.3, -0.25) is 0 Å². The highest BCUT2D eigenvalue weighted by Crippen LogP contribution is 2.26. The van der Waals surface area contributed by atoms with Crippen molar-refractivity contribution >= 4 is 22.4 Å². The second kappa shape index (κ2) is 8.18. The summed E-state index contributed by atoms with van der Waals surface area (Å²) < 4.78 is 67.9. The van der Waals surface area contributed by atoms with Gasteiger partial charge in [0.2, 0.25) is 10.0 Å². The summed E-state index contributed by atoms with van der Waals surface area (Å²) in [5, 5.41) is 3.08. The van der Waals surface area contributed by atoms with Crippen LogP contribution in [0.25, 0.3) is 0 Å². The largest absolute Gasteiger partial charge is 0.432 e. The summed E-state index contributed by atoms with van der Waals surface area (Å²) >= 11 is 0. The summed E-state index contributed by atoms with van der Waals surface area (Å²) in [4.78, 5) is -0.269. The van der Waals surface area contributed by atoms with Crippen LogP contribution in [0.4, 0.5) is 13.2 Å². The van der Waals surface area contributed by atoms with Crippen LogP contribution in [-0.4, -0.2) is 45.5 Å². The number of hydrogen-bond donors (Lipinski definition) is 1. The maximum atomic E-state index is 13.7. The van der Waals surface area contributed by atoms with Gasteiger partial charge in [0.25, 0.3) is 0 Å². The molecule has 1 heterocycles. The molecule has 1 aliphatic heterocycles. The van der Waals surface area contributed by atoms with E-state index in [0.717, 1.165) is 12.1 Å². The van der Waals surface area contributed by atoms with Gasteiger partial charge in [-0.1, -0.05) is 0 Å². The highest BCUT2D eigenvalue weighted by Gasteiger charge is 2.29. The minimum Gasteiger partial charge on any atom is -0.432 e. The average molecular weight is 375 g/mol. The number of rotatable bonds is 5. The van der Waals surface area contributed by atoms with Crippen LogP contribution < -0.4 is 10.1 Å². The number of alkyl halides is 2. The molecule has 0 aromatic heterocycles. The molecular formula is C13H18ClF3N2O3S. The van der Waals surface area contributed by atoms with Gasteiger partial charge in [0.1, 0.15) is 0 Å². The van der Waals surface area contributed by atoms with Gasteiger partial charge in [0, 0.05) is 19.1 Å².